The van der Waals surface area contributed by atoms with Crippen LogP contribution in [0.1, 0.15) is 42.5 Å². The molecule has 0 fully saturated rings. The molecule has 1 aromatic heterocycles. The van der Waals surface area contributed by atoms with Gasteiger partial charge in [0.2, 0.25) is 0 Å². The van der Waals surface area contributed by atoms with Gasteiger partial charge in [0.1, 0.15) is 0 Å². The molecule has 35 heavy (non-hydrogen) atoms. The van der Waals surface area contributed by atoms with Gasteiger partial charge in [0, 0.05) is 27.4 Å². The van der Waals surface area contributed by atoms with Crippen LogP contribution in [-0.4, -0.2) is 28.9 Å². The van der Waals surface area contributed by atoms with Crippen LogP contribution in [0.2, 0.25) is 0 Å². The molecular formula is C28H28BrN3O3. The molecule has 180 valence electrons. The van der Waals surface area contributed by atoms with Gasteiger partial charge in [0.15, 0.2) is 5.88 Å². The Hall–Kier alpha value is -3.42. The summed E-state index contributed by atoms with van der Waals surface area (Å²) in [5, 5.41) is 11.8. The minimum Gasteiger partial charge on any atom is -0.494 e. The molecule has 0 saturated heterocycles. The number of fused-ring (bicyclic) bond motifs is 1. The van der Waals surface area contributed by atoms with E-state index in [1.54, 1.807) is 0 Å². The fourth-order valence-electron chi connectivity index (χ4n) is 3.93. The topological polar surface area (TPSA) is 101 Å². The number of halogens is 1. The van der Waals surface area contributed by atoms with Crippen LogP contribution in [0.25, 0.3) is 10.9 Å². The van der Waals surface area contributed by atoms with Crippen LogP contribution in [0, 0.1) is 0 Å². The maximum Gasteiger partial charge on any atom is 0.305 e. The van der Waals surface area contributed by atoms with Crippen LogP contribution < -0.4 is 5.73 Å². The van der Waals surface area contributed by atoms with Crippen molar-refractivity contribution in [3.63, 3.8) is 0 Å². The van der Waals surface area contributed by atoms with Crippen molar-refractivity contribution < 1.29 is 14.6 Å². The van der Waals surface area contributed by atoms with Crippen LogP contribution >= 0.6 is 15.9 Å². The summed E-state index contributed by atoms with van der Waals surface area (Å²) in [7, 11) is 1.39. The van der Waals surface area contributed by atoms with Gasteiger partial charge in [-0.2, -0.15) is 0 Å². The van der Waals surface area contributed by atoms with Gasteiger partial charge >= 0.3 is 5.97 Å². The van der Waals surface area contributed by atoms with Crippen LogP contribution in [0.5, 0.6) is 5.88 Å². The van der Waals surface area contributed by atoms with Crippen LogP contribution in [0.4, 0.5) is 5.69 Å². The first-order chi connectivity index (χ1) is 16.7. The third kappa shape index (κ3) is 5.63. The number of carbonyl (C=O) groups is 1. The summed E-state index contributed by atoms with van der Waals surface area (Å²) in [6, 6.07) is 21.5. The van der Waals surface area contributed by atoms with Crippen molar-refractivity contribution in [3.05, 3.63) is 93.5 Å². The van der Waals surface area contributed by atoms with Gasteiger partial charge < -0.3 is 20.6 Å². The van der Waals surface area contributed by atoms with Crippen molar-refractivity contribution in [3.8, 4) is 5.88 Å². The highest BCUT2D eigenvalue weighted by Crippen LogP contribution is 2.33. The number of benzene rings is 3. The molecule has 4 aromatic rings. The highest BCUT2D eigenvalue weighted by molar-refractivity contribution is 9.10. The Labute approximate surface area is 213 Å². The molecule has 0 aliphatic carbocycles. The summed E-state index contributed by atoms with van der Waals surface area (Å²) >= 11 is 3.49. The van der Waals surface area contributed by atoms with Crippen LogP contribution in [-0.2, 0) is 21.5 Å². The molecule has 0 aliphatic heterocycles. The number of nitrogens with zero attached hydrogens (tertiary/aromatic N) is 1. The molecule has 4 rings (SSSR count). The van der Waals surface area contributed by atoms with E-state index in [1.165, 1.54) is 7.11 Å². The fraction of sp³-hybridized carbons (Fsp3) is 0.214. The number of rotatable bonds is 7. The third-order valence-electron chi connectivity index (χ3n) is 5.90. The first-order valence-corrected chi connectivity index (χ1v) is 12.1. The Balaban J connectivity index is 1.80. The number of H-pyrrole nitrogens is 1. The molecule has 3 aromatic carbocycles. The summed E-state index contributed by atoms with van der Waals surface area (Å²) in [6.45, 7) is 3.92. The number of ether oxygens (including phenoxy) is 1. The second-order valence-electron chi connectivity index (χ2n) is 9.04. The van der Waals surface area contributed by atoms with Gasteiger partial charge in [-0.25, -0.2) is 4.99 Å². The van der Waals surface area contributed by atoms with Crippen molar-refractivity contribution in [2.75, 3.05) is 7.11 Å². The standard InChI is InChI=1S/C28H28BrN3O3/c1-28(2,30)19-9-12-21(13-10-19)31-26(18-7-4-17(5-8-18)6-15-24(33)35-3)25-22-14-11-20(29)16-23(22)32-27(25)34/h4-5,7-14,16,32,34H,6,15,30H2,1-3H3. The number of aliphatic imine (C=N–C) groups is 1. The maximum absolute atomic E-state index is 11.5. The molecule has 0 spiro atoms. The lowest BCUT2D eigenvalue weighted by Crippen LogP contribution is -2.28. The number of carbonyl (C=O) groups excluding carboxylic acids is 1. The molecule has 0 radical (unpaired) electrons. The highest BCUT2D eigenvalue weighted by atomic mass is 79.9. The van der Waals surface area contributed by atoms with E-state index in [0.717, 1.165) is 37.8 Å². The first-order valence-electron chi connectivity index (χ1n) is 11.3. The maximum atomic E-state index is 11.5. The highest BCUT2D eigenvalue weighted by Gasteiger charge is 2.19. The predicted octanol–water partition coefficient (Wildman–Crippen LogP) is 6.10. The number of esters is 1. The molecule has 0 aliphatic rings. The number of methoxy groups -OCH3 is 1. The number of hydrogen-bond acceptors (Lipinski definition) is 5. The lowest BCUT2D eigenvalue weighted by molar-refractivity contribution is -0.140. The number of aromatic hydroxyl groups is 1. The summed E-state index contributed by atoms with van der Waals surface area (Å²) in [5.41, 5.74) is 11.4. The summed E-state index contributed by atoms with van der Waals surface area (Å²) in [6.07, 6.45) is 0.904. The van der Waals surface area contributed by atoms with Gasteiger partial charge in [-0.1, -0.05) is 58.4 Å². The Morgan fingerprint density at radius 2 is 1.77 bits per heavy atom. The number of nitrogens with two attached hydrogens (primary N) is 1. The molecule has 0 saturated carbocycles. The molecular weight excluding hydrogens is 506 g/mol. The van der Waals surface area contributed by atoms with Gasteiger partial charge in [-0.05, 0) is 55.7 Å². The number of nitrogens with one attached hydrogen (secondary N) is 1. The van der Waals surface area contributed by atoms with E-state index in [1.807, 2.05) is 80.6 Å². The normalized spacial score (nSPS) is 12.2. The number of hydrogen-bond donors (Lipinski definition) is 3. The second-order valence-corrected chi connectivity index (χ2v) is 9.96. The summed E-state index contributed by atoms with van der Waals surface area (Å²) in [5.74, 6) is -0.193. The van der Waals surface area contributed by atoms with E-state index in [-0.39, 0.29) is 11.8 Å². The zero-order valence-corrected chi connectivity index (χ0v) is 21.5. The third-order valence-corrected chi connectivity index (χ3v) is 6.40. The number of aryl methyl sites for hydroxylation is 1. The zero-order chi connectivity index (χ0) is 25.2. The van der Waals surface area contributed by atoms with E-state index < -0.39 is 5.54 Å². The van der Waals surface area contributed by atoms with Crippen LogP contribution in [0.3, 0.4) is 0 Å². The van der Waals surface area contributed by atoms with Crippen molar-refractivity contribution in [2.24, 2.45) is 10.7 Å². The van der Waals surface area contributed by atoms with Crippen LogP contribution in [0.15, 0.2) is 76.2 Å². The average molecular weight is 534 g/mol. The molecule has 0 bridgehead atoms. The lowest BCUT2D eigenvalue weighted by atomic mass is 9.95. The first kappa shape index (κ1) is 24.7. The van der Waals surface area contributed by atoms with Gasteiger partial charge in [0.05, 0.1) is 29.6 Å². The smallest absolute Gasteiger partial charge is 0.305 e. The van der Waals surface area contributed by atoms with Crippen molar-refractivity contribution in [2.45, 2.75) is 32.2 Å². The average Bonchev–Trinajstić information content (AvgIpc) is 3.15. The Morgan fingerprint density at radius 1 is 1.09 bits per heavy atom. The largest absolute Gasteiger partial charge is 0.494 e. The van der Waals surface area contributed by atoms with Crippen molar-refractivity contribution >= 4 is 44.2 Å². The number of aromatic amines is 1. The monoisotopic (exact) mass is 533 g/mol. The summed E-state index contributed by atoms with van der Waals surface area (Å²) in [4.78, 5) is 19.5. The van der Waals surface area contributed by atoms with E-state index in [0.29, 0.717) is 24.1 Å². The van der Waals surface area contributed by atoms with Crippen molar-refractivity contribution in [1.82, 2.24) is 4.98 Å². The van der Waals surface area contributed by atoms with E-state index in [4.69, 9.17) is 15.5 Å². The molecule has 0 amide bonds. The zero-order valence-electron chi connectivity index (χ0n) is 19.9. The Morgan fingerprint density at radius 3 is 2.40 bits per heavy atom. The van der Waals surface area contributed by atoms with E-state index in [2.05, 4.69) is 20.9 Å². The predicted molar refractivity (Wildman–Crippen MR) is 143 cm³/mol. The minimum atomic E-state index is -0.451. The van der Waals surface area contributed by atoms with E-state index in [9.17, 15) is 9.90 Å². The van der Waals surface area contributed by atoms with Gasteiger partial charge in [-0.3, -0.25) is 4.79 Å². The molecule has 0 unspecified atom stereocenters. The minimum absolute atomic E-state index is 0.0475. The molecule has 0 atom stereocenters. The Kier molecular flexibility index (Phi) is 7.10. The van der Waals surface area contributed by atoms with Gasteiger partial charge in [0.25, 0.3) is 0 Å². The van der Waals surface area contributed by atoms with Gasteiger partial charge in [-0.15, -0.1) is 0 Å². The quantitative estimate of drug-likeness (QED) is 0.197. The molecule has 4 N–H and O–H groups in total. The molecule has 6 nitrogen and oxygen atoms in total. The summed E-state index contributed by atoms with van der Waals surface area (Å²) < 4.78 is 5.65. The fourth-order valence-corrected chi connectivity index (χ4v) is 4.29. The SMILES string of the molecule is COC(=O)CCc1ccc(C(=Nc2ccc(C(C)(C)N)cc2)c2c(O)[nH]c3cc(Br)ccc23)cc1. The lowest BCUT2D eigenvalue weighted by Gasteiger charge is -2.19. The van der Waals surface area contributed by atoms with Crippen molar-refractivity contribution in [1.29, 1.82) is 0 Å². The number of aromatic nitrogens is 1. The molecule has 7 heteroatoms. The Bertz CT molecular complexity index is 1380. The van der Waals surface area contributed by atoms with E-state index >= 15 is 0 Å². The second kappa shape index (κ2) is 10.1. The molecule has 1 heterocycles.